The normalized spacial score (nSPS) is 13.8. The van der Waals surface area contributed by atoms with E-state index in [1.165, 1.54) is 173 Å². The van der Waals surface area contributed by atoms with Crippen LogP contribution in [0.2, 0.25) is 0 Å². The zero-order chi connectivity index (χ0) is 41.3. The number of nitrogens with zero attached hydrogens (tertiary/aromatic N) is 1. The van der Waals surface area contributed by atoms with Crippen molar-refractivity contribution in [2.75, 3.05) is 54.1 Å². The first kappa shape index (κ1) is 55.2. The summed E-state index contributed by atoms with van der Waals surface area (Å²) in [5.74, 6) is -0.334. The highest BCUT2D eigenvalue weighted by Crippen LogP contribution is 2.38. The summed E-state index contributed by atoms with van der Waals surface area (Å²) in [6.45, 7) is 5.46. The molecule has 0 saturated carbocycles. The van der Waals surface area contributed by atoms with Crippen molar-refractivity contribution >= 4 is 13.8 Å². The van der Waals surface area contributed by atoms with Crippen molar-refractivity contribution in [3.63, 3.8) is 0 Å². The Morgan fingerprint density at radius 2 is 0.929 bits per heavy atom. The second kappa shape index (κ2) is 41.0. The van der Waals surface area contributed by atoms with Crippen molar-refractivity contribution in [2.45, 2.75) is 232 Å². The van der Waals surface area contributed by atoms with Crippen molar-refractivity contribution in [1.29, 1.82) is 0 Å². The largest absolute Gasteiger partial charge is 0.756 e. The third kappa shape index (κ3) is 44.3. The van der Waals surface area contributed by atoms with Crippen LogP contribution in [0.25, 0.3) is 0 Å². The van der Waals surface area contributed by atoms with Gasteiger partial charge in [-0.15, -0.1) is 0 Å². The Kier molecular flexibility index (Phi) is 40.4. The maximum absolute atomic E-state index is 12.7. The predicted molar refractivity (Wildman–Crippen MR) is 236 cm³/mol. The van der Waals surface area contributed by atoms with E-state index in [0.29, 0.717) is 24.1 Å². The summed E-state index contributed by atoms with van der Waals surface area (Å²) in [7, 11) is 1.37. The van der Waals surface area contributed by atoms with Gasteiger partial charge in [0.05, 0.1) is 34.4 Å². The minimum atomic E-state index is -4.52. The molecule has 334 valence electrons. The van der Waals surface area contributed by atoms with Crippen LogP contribution in [-0.2, 0) is 27.9 Å². The van der Waals surface area contributed by atoms with Crippen molar-refractivity contribution in [3.8, 4) is 0 Å². The third-order valence-electron chi connectivity index (χ3n) is 10.6. The zero-order valence-electron chi connectivity index (χ0n) is 37.9. The molecule has 0 aliphatic carbocycles. The summed E-state index contributed by atoms with van der Waals surface area (Å²) in [6.07, 6.45) is 45.0. The van der Waals surface area contributed by atoms with Gasteiger partial charge in [-0.05, 0) is 38.5 Å². The Morgan fingerprint density at radius 3 is 1.36 bits per heavy atom. The monoisotopic (exact) mass is 816 g/mol. The molecule has 2 atom stereocenters. The lowest BCUT2D eigenvalue weighted by Crippen LogP contribution is -2.37. The summed E-state index contributed by atoms with van der Waals surface area (Å²) < 4.78 is 34.7. The number of allylic oxidation sites excluding steroid dienone is 2. The number of ether oxygens (including phenoxy) is 2. The molecule has 0 aromatic rings. The van der Waals surface area contributed by atoms with E-state index >= 15 is 0 Å². The van der Waals surface area contributed by atoms with E-state index < -0.39 is 13.9 Å². The average Bonchev–Trinajstić information content (AvgIpc) is 3.15. The molecule has 0 fully saturated rings. The molecule has 0 aromatic carbocycles. The van der Waals surface area contributed by atoms with Gasteiger partial charge in [-0.3, -0.25) is 9.36 Å². The summed E-state index contributed by atoms with van der Waals surface area (Å²) >= 11 is 0. The molecule has 0 N–H and O–H groups in total. The molecule has 2 unspecified atom stereocenters. The second-order valence-electron chi connectivity index (χ2n) is 17.5. The van der Waals surface area contributed by atoms with Gasteiger partial charge in [0, 0.05) is 13.0 Å². The SMILES string of the molecule is CCCCCCCCC/C=C\CCCCCCCCCC(=O)OC(COCCCCCCCCCCCCCCCCCC)COP(=O)([O-])OCC[N+](C)(C)C. The second-order valence-corrected chi connectivity index (χ2v) is 18.9. The number of likely N-dealkylation sites (N-methyl/N-ethyl adjacent to an activating group) is 1. The van der Waals surface area contributed by atoms with Gasteiger partial charge in [0.15, 0.2) is 0 Å². The number of esters is 1. The lowest BCUT2D eigenvalue weighted by atomic mass is 10.0. The summed E-state index contributed by atoms with van der Waals surface area (Å²) in [6, 6.07) is 0. The van der Waals surface area contributed by atoms with Gasteiger partial charge in [-0.2, -0.15) is 0 Å². The Hall–Kier alpha value is -0.760. The molecule has 0 radical (unpaired) electrons. The van der Waals surface area contributed by atoms with Gasteiger partial charge in [0.2, 0.25) is 0 Å². The summed E-state index contributed by atoms with van der Waals surface area (Å²) in [5.41, 5.74) is 0. The van der Waals surface area contributed by atoms with Crippen LogP contribution in [0, 0.1) is 0 Å². The lowest BCUT2D eigenvalue weighted by Gasteiger charge is -2.28. The molecule has 0 spiro atoms. The number of hydrogen-bond donors (Lipinski definition) is 0. The molecule has 0 aromatic heterocycles. The summed E-state index contributed by atoms with van der Waals surface area (Å²) in [5, 5.41) is 0. The highest BCUT2D eigenvalue weighted by atomic mass is 31.2. The number of phosphoric ester groups is 1. The first-order valence-corrected chi connectivity index (χ1v) is 25.4. The molecule has 0 amide bonds. The highest BCUT2D eigenvalue weighted by Gasteiger charge is 2.20. The van der Waals surface area contributed by atoms with Crippen LogP contribution in [0.5, 0.6) is 0 Å². The molecular formula is C47H94NO7P. The molecular weight excluding hydrogens is 721 g/mol. The fourth-order valence-corrected chi connectivity index (χ4v) is 7.57. The Labute approximate surface area is 348 Å². The van der Waals surface area contributed by atoms with E-state index in [-0.39, 0.29) is 25.8 Å². The van der Waals surface area contributed by atoms with Gasteiger partial charge in [-0.25, -0.2) is 0 Å². The Bertz CT molecular complexity index is 909. The number of carbonyl (C=O) groups is 1. The van der Waals surface area contributed by atoms with Gasteiger partial charge < -0.3 is 27.9 Å². The van der Waals surface area contributed by atoms with Crippen LogP contribution in [0.15, 0.2) is 12.2 Å². The van der Waals surface area contributed by atoms with E-state index in [0.717, 1.165) is 32.1 Å². The van der Waals surface area contributed by atoms with Crippen LogP contribution in [-0.4, -0.2) is 70.7 Å². The maximum Gasteiger partial charge on any atom is 0.306 e. The van der Waals surface area contributed by atoms with Gasteiger partial charge in [0.25, 0.3) is 7.82 Å². The van der Waals surface area contributed by atoms with Crippen molar-refractivity contribution in [1.82, 2.24) is 0 Å². The number of phosphoric acid groups is 1. The number of rotatable bonds is 45. The standard InChI is InChI=1S/C47H94NO7P/c1-6-8-10-12-14-16-18-20-22-24-25-26-28-30-32-34-36-38-40-47(49)55-46(45-54-56(50,51)53-43-41-48(3,4)5)44-52-42-39-37-35-33-31-29-27-23-21-19-17-15-13-11-9-7-2/h22,24,46H,6-21,23,25-45H2,1-5H3/b24-22-. The number of hydrogen-bond acceptors (Lipinski definition) is 7. The van der Waals surface area contributed by atoms with Crippen LogP contribution in [0.1, 0.15) is 226 Å². The predicted octanol–water partition coefficient (Wildman–Crippen LogP) is 13.6. The quantitative estimate of drug-likeness (QED) is 0.0199. The molecule has 0 bridgehead atoms. The highest BCUT2D eigenvalue weighted by molar-refractivity contribution is 7.45. The Morgan fingerprint density at radius 1 is 0.536 bits per heavy atom. The van der Waals surface area contributed by atoms with Crippen LogP contribution < -0.4 is 4.89 Å². The fraction of sp³-hybridized carbons (Fsp3) is 0.936. The molecule has 0 heterocycles. The average molecular weight is 816 g/mol. The van der Waals surface area contributed by atoms with Gasteiger partial charge in [0.1, 0.15) is 19.3 Å². The molecule has 0 aliphatic heterocycles. The smallest absolute Gasteiger partial charge is 0.306 e. The molecule has 56 heavy (non-hydrogen) atoms. The van der Waals surface area contributed by atoms with Crippen LogP contribution >= 0.6 is 7.82 Å². The van der Waals surface area contributed by atoms with E-state index in [1.807, 2.05) is 21.1 Å². The van der Waals surface area contributed by atoms with Gasteiger partial charge >= 0.3 is 5.97 Å². The van der Waals surface area contributed by atoms with Crippen molar-refractivity contribution in [2.24, 2.45) is 0 Å². The minimum Gasteiger partial charge on any atom is -0.756 e. The van der Waals surface area contributed by atoms with Crippen molar-refractivity contribution in [3.05, 3.63) is 12.2 Å². The first-order valence-electron chi connectivity index (χ1n) is 23.9. The van der Waals surface area contributed by atoms with E-state index in [1.54, 1.807) is 0 Å². The molecule has 8 nitrogen and oxygen atoms in total. The van der Waals surface area contributed by atoms with Gasteiger partial charge in [-0.1, -0.05) is 193 Å². The molecule has 0 saturated heterocycles. The van der Waals surface area contributed by atoms with E-state index in [4.69, 9.17) is 18.5 Å². The molecule has 9 heteroatoms. The number of carbonyl (C=O) groups excluding carboxylic acids is 1. The van der Waals surface area contributed by atoms with E-state index in [9.17, 15) is 14.3 Å². The fourth-order valence-electron chi connectivity index (χ4n) is 6.84. The lowest BCUT2D eigenvalue weighted by molar-refractivity contribution is -0.870. The topological polar surface area (TPSA) is 94.1 Å². The maximum atomic E-state index is 12.7. The number of unbranched alkanes of at least 4 members (excludes halogenated alkanes) is 29. The van der Waals surface area contributed by atoms with Crippen LogP contribution in [0.3, 0.4) is 0 Å². The molecule has 0 aliphatic rings. The van der Waals surface area contributed by atoms with E-state index in [2.05, 4.69) is 26.0 Å². The third-order valence-corrected chi connectivity index (χ3v) is 11.5. The Balaban J connectivity index is 4.16. The van der Waals surface area contributed by atoms with Crippen molar-refractivity contribution < 1.29 is 37.3 Å². The zero-order valence-corrected chi connectivity index (χ0v) is 38.7. The molecule has 0 rings (SSSR count). The van der Waals surface area contributed by atoms with Crippen LogP contribution in [0.4, 0.5) is 0 Å². The number of quaternary nitrogens is 1. The summed E-state index contributed by atoms with van der Waals surface area (Å²) in [4.78, 5) is 25.1. The first-order chi connectivity index (χ1) is 27.1. The minimum absolute atomic E-state index is 0.0287.